The first-order valence-electron chi connectivity index (χ1n) is 8.64. The van der Waals surface area contributed by atoms with Gasteiger partial charge >= 0.3 is 0 Å². The van der Waals surface area contributed by atoms with Crippen molar-refractivity contribution in [3.8, 4) is 5.75 Å². The Bertz CT molecular complexity index is 717. The molecule has 2 atom stereocenters. The molecular formula is C21H26ClNO2. The summed E-state index contributed by atoms with van der Waals surface area (Å²) in [5.41, 5.74) is 4.24. The van der Waals surface area contributed by atoms with Gasteiger partial charge in [-0.3, -0.25) is 4.79 Å². The molecule has 1 N–H and O–H groups in total. The van der Waals surface area contributed by atoms with Crippen molar-refractivity contribution in [3.05, 3.63) is 63.7 Å². The van der Waals surface area contributed by atoms with Gasteiger partial charge in [0.2, 0.25) is 0 Å². The molecule has 0 aliphatic heterocycles. The minimum atomic E-state index is -0.586. The number of benzene rings is 2. The van der Waals surface area contributed by atoms with Crippen molar-refractivity contribution in [3.63, 3.8) is 0 Å². The monoisotopic (exact) mass is 359 g/mol. The first-order chi connectivity index (χ1) is 11.8. The molecule has 0 aliphatic carbocycles. The summed E-state index contributed by atoms with van der Waals surface area (Å²) in [6.45, 7) is 9.70. The van der Waals surface area contributed by atoms with E-state index in [1.165, 1.54) is 5.56 Å². The van der Waals surface area contributed by atoms with Crippen LogP contribution in [0.3, 0.4) is 0 Å². The molecule has 0 aliphatic rings. The summed E-state index contributed by atoms with van der Waals surface area (Å²) in [6, 6.07) is 11.9. The van der Waals surface area contributed by atoms with Gasteiger partial charge in [-0.05, 0) is 68.5 Å². The molecule has 2 rings (SSSR count). The predicted octanol–water partition coefficient (Wildman–Crippen LogP) is 5.16. The Balaban J connectivity index is 1.99. The molecule has 2 aromatic rings. The van der Waals surface area contributed by atoms with Gasteiger partial charge in [0.1, 0.15) is 5.75 Å². The Morgan fingerprint density at radius 3 is 2.20 bits per heavy atom. The van der Waals surface area contributed by atoms with Crippen LogP contribution in [0.25, 0.3) is 0 Å². The lowest BCUT2D eigenvalue weighted by Crippen LogP contribution is -2.37. The molecule has 0 saturated heterocycles. The second-order valence-corrected chi connectivity index (χ2v) is 6.83. The molecule has 4 heteroatoms. The van der Waals surface area contributed by atoms with Crippen molar-refractivity contribution in [2.75, 3.05) is 0 Å². The molecule has 2 aromatic carbocycles. The fourth-order valence-electron chi connectivity index (χ4n) is 2.69. The molecule has 0 saturated carbocycles. The maximum absolute atomic E-state index is 12.4. The molecular weight excluding hydrogens is 334 g/mol. The van der Waals surface area contributed by atoms with E-state index >= 15 is 0 Å². The molecule has 0 unspecified atom stereocenters. The van der Waals surface area contributed by atoms with Gasteiger partial charge in [-0.15, -0.1) is 0 Å². The lowest BCUT2D eigenvalue weighted by molar-refractivity contribution is -0.127. The minimum absolute atomic E-state index is 0.0712. The third kappa shape index (κ3) is 4.99. The summed E-state index contributed by atoms with van der Waals surface area (Å²) in [7, 11) is 0. The van der Waals surface area contributed by atoms with E-state index in [-0.39, 0.29) is 11.9 Å². The number of halogens is 1. The van der Waals surface area contributed by atoms with Gasteiger partial charge in [0.15, 0.2) is 6.10 Å². The van der Waals surface area contributed by atoms with Crippen molar-refractivity contribution >= 4 is 17.5 Å². The number of carbonyl (C=O) groups is 1. The van der Waals surface area contributed by atoms with Crippen LogP contribution in [-0.2, 0) is 11.2 Å². The Morgan fingerprint density at radius 1 is 1.12 bits per heavy atom. The summed E-state index contributed by atoms with van der Waals surface area (Å²) in [6.07, 6.45) is 0.420. The van der Waals surface area contributed by atoms with Crippen LogP contribution in [-0.4, -0.2) is 12.0 Å². The lowest BCUT2D eigenvalue weighted by Gasteiger charge is -2.20. The molecule has 0 spiro atoms. The van der Waals surface area contributed by atoms with E-state index in [1.54, 1.807) is 6.92 Å². The number of amides is 1. The molecule has 0 heterocycles. The van der Waals surface area contributed by atoms with Gasteiger partial charge in [-0.2, -0.15) is 0 Å². The summed E-state index contributed by atoms with van der Waals surface area (Å²) in [4.78, 5) is 12.4. The number of aryl methyl sites for hydroxylation is 3. The zero-order chi connectivity index (χ0) is 18.6. The first kappa shape index (κ1) is 19.3. The van der Waals surface area contributed by atoms with Crippen LogP contribution in [0.1, 0.15) is 49.1 Å². The maximum Gasteiger partial charge on any atom is 0.261 e. The van der Waals surface area contributed by atoms with E-state index in [2.05, 4.69) is 36.5 Å². The van der Waals surface area contributed by atoms with Crippen LogP contribution in [0.5, 0.6) is 5.75 Å². The highest BCUT2D eigenvalue weighted by atomic mass is 35.5. The quantitative estimate of drug-likeness (QED) is 0.773. The second-order valence-electron chi connectivity index (χ2n) is 6.46. The van der Waals surface area contributed by atoms with Gasteiger partial charge in [0.05, 0.1) is 6.04 Å². The Hall–Kier alpha value is -2.00. The van der Waals surface area contributed by atoms with Crippen LogP contribution in [0.15, 0.2) is 36.4 Å². The average molecular weight is 360 g/mol. The highest BCUT2D eigenvalue weighted by Crippen LogP contribution is 2.26. The Morgan fingerprint density at radius 2 is 1.68 bits per heavy atom. The van der Waals surface area contributed by atoms with Crippen molar-refractivity contribution in [2.24, 2.45) is 0 Å². The number of hydrogen-bond donors (Lipinski definition) is 1. The minimum Gasteiger partial charge on any atom is -0.481 e. The largest absolute Gasteiger partial charge is 0.481 e. The number of rotatable bonds is 6. The lowest BCUT2D eigenvalue weighted by atomic mass is 10.0. The van der Waals surface area contributed by atoms with E-state index in [1.807, 2.05) is 32.9 Å². The van der Waals surface area contributed by atoms with Crippen LogP contribution >= 0.6 is 11.6 Å². The van der Waals surface area contributed by atoms with E-state index in [9.17, 15) is 4.79 Å². The van der Waals surface area contributed by atoms with Gasteiger partial charge in [0.25, 0.3) is 5.91 Å². The van der Waals surface area contributed by atoms with Crippen molar-refractivity contribution in [1.29, 1.82) is 0 Å². The van der Waals surface area contributed by atoms with Crippen LogP contribution < -0.4 is 10.1 Å². The third-order valence-electron chi connectivity index (χ3n) is 4.34. The highest BCUT2D eigenvalue weighted by molar-refractivity contribution is 6.32. The summed E-state index contributed by atoms with van der Waals surface area (Å²) < 4.78 is 5.80. The van der Waals surface area contributed by atoms with Crippen molar-refractivity contribution < 1.29 is 9.53 Å². The van der Waals surface area contributed by atoms with Gasteiger partial charge in [-0.25, -0.2) is 0 Å². The topological polar surface area (TPSA) is 38.3 Å². The zero-order valence-corrected chi connectivity index (χ0v) is 16.3. The SMILES string of the molecule is CCc1ccc([C@@H](C)NC(=O)[C@H](C)Oc2cc(C)c(Cl)c(C)c2)cc1. The van der Waals surface area contributed by atoms with Crippen LogP contribution in [0, 0.1) is 13.8 Å². The molecule has 0 radical (unpaired) electrons. The van der Waals surface area contributed by atoms with E-state index in [0.717, 1.165) is 28.1 Å². The standard InChI is InChI=1S/C21H26ClNO2/c1-6-17-7-9-18(10-8-17)15(4)23-21(24)16(5)25-19-11-13(2)20(22)14(3)12-19/h7-12,15-16H,6H2,1-5H3,(H,23,24)/t15-,16+/m1/s1. The molecule has 134 valence electrons. The van der Waals surface area contributed by atoms with E-state index < -0.39 is 6.10 Å². The maximum atomic E-state index is 12.4. The smallest absolute Gasteiger partial charge is 0.261 e. The molecule has 1 amide bonds. The highest BCUT2D eigenvalue weighted by Gasteiger charge is 2.18. The molecule has 0 bridgehead atoms. The predicted molar refractivity (Wildman–Crippen MR) is 103 cm³/mol. The normalized spacial score (nSPS) is 13.2. The number of nitrogens with one attached hydrogen (secondary N) is 1. The molecule has 0 aromatic heterocycles. The first-order valence-corrected chi connectivity index (χ1v) is 9.02. The van der Waals surface area contributed by atoms with E-state index in [0.29, 0.717) is 5.75 Å². The Labute approximate surface area is 155 Å². The summed E-state index contributed by atoms with van der Waals surface area (Å²) in [5.74, 6) is 0.513. The zero-order valence-electron chi connectivity index (χ0n) is 15.5. The molecule has 3 nitrogen and oxygen atoms in total. The number of carbonyl (C=O) groups excluding carboxylic acids is 1. The molecule has 0 fully saturated rings. The van der Waals surface area contributed by atoms with Crippen LogP contribution in [0.4, 0.5) is 0 Å². The summed E-state index contributed by atoms with van der Waals surface area (Å²) in [5, 5.41) is 3.73. The van der Waals surface area contributed by atoms with Gasteiger partial charge in [0, 0.05) is 5.02 Å². The second kappa shape index (κ2) is 8.39. The fourth-order valence-corrected chi connectivity index (χ4v) is 2.80. The summed E-state index contributed by atoms with van der Waals surface area (Å²) >= 11 is 6.17. The average Bonchev–Trinajstić information content (AvgIpc) is 2.59. The van der Waals surface area contributed by atoms with Crippen molar-refractivity contribution in [1.82, 2.24) is 5.32 Å². The van der Waals surface area contributed by atoms with Gasteiger partial charge < -0.3 is 10.1 Å². The van der Waals surface area contributed by atoms with Gasteiger partial charge in [-0.1, -0.05) is 42.8 Å². The number of ether oxygens (including phenoxy) is 1. The Kier molecular flexibility index (Phi) is 6.49. The molecule has 25 heavy (non-hydrogen) atoms. The third-order valence-corrected chi connectivity index (χ3v) is 4.93. The number of hydrogen-bond acceptors (Lipinski definition) is 2. The van der Waals surface area contributed by atoms with E-state index in [4.69, 9.17) is 16.3 Å². The fraction of sp³-hybridized carbons (Fsp3) is 0.381. The van der Waals surface area contributed by atoms with Crippen molar-refractivity contribution in [2.45, 2.75) is 53.2 Å². The van der Waals surface area contributed by atoms with Crippen LogP contribution in [0.2, 0.25) is 5.02 Å².